The third-order valence-corrected chi connectivity index (χ3v) is 3.77. The zero-order valence-electron chi connectivity index (χ0n) is 12.4. The average molecular weight is 345 g/mol. The summed E-state index contributed by atoms with van der Waals surface area (Å²) in [5.74, 6) is -1.22. The number of nitrogens with one attached hydrogen (secondary N) is 2. The van der Waals surface area contributed by atoms with Crippen LogP contribution in [0.3, 0.4) is 0 Å². The number of benzene rings is 1. The van der Waals surface area contributed by atoms with Crippen molar-refractivity contribution in [3.05, 3.63) is 59.4 Å². The molecule has 0 bridgehead atoms. The minimum absolute atomic E-state index is 0.0468. The van der Waals surface area contributed by atoms with E-state index in [0.29, 0.717) is 16.3 Å². The fraction of sp³-hybridized carbons (Fsp3) is 0.125. The zero-order valence-corrected chi connectivity index (χ0v) is 13.2. The molecule has 7 nitrogen and oxygen atoms in total. The molecule has 3 rings (SSSR count). The number of imide groups is 1. The molecule has 1 saturated heterocycles. The first kappa shape index (κ1) is 16.1. The molecule has 122 valence electrons. The quantitative estimate of drug-likeness (QED) is 0.644. The summed E-state index contributed by atoms with van der Waals surface area (Å²) in [7, 11) is 0. The van der Waals surface area contributed by atoms with Crippen molar-refractivity contribution in [2.45, 2.75) is 12.5 Å². The maximum atomic E-state index is 12.4. The van der Waals surface area contributed by atoms with Crippen LogP contribution in [0.5, 0.6) is 0 Å². The first-order valence-corrected chi connectivity index (χ1v) is 7.52. The highest BCUT2D eigenvalue weighted by Gasteiger charge is 2.39. The molecular formula is C16H13ClN4O3. The van der Waals surface area contributed by atoms with Gasteiger partial charge in [-0.25, -0.2) is 10.3 Å². The van der Waals surface area contributed by atoms with Gasteiger partial charge in [-0.15, -0.1) is 0 Å². The number of carbonyl (C=O) groups excluding carboxylic acids is 3. The van der Waals surface area contributed by atoms with Crippen LogP contribution in [0.15, 0.2) is 48.8 Å². The van der Waals surface area contributed by atoms with E-state index in [1.165, 1.54) is 6.20 Å². The Morgan fingerprint density at radius 3 is 2.62 bits per heavy atom. The van der Waals surface area contributed by atoms with Gasteiger partial charge >= 0.3 is 0 Å². The normalized spacial score (nSPS) is 17.2. The van der Waals surface area contributed by atoms with Gasteiger partial charge in [0.25, 0.3) is 11.8 Å². The summed E-state index contributed by atoms with van der Waals surface area (Å²) in [5.41, 5.74) is 5.81. The van der Waals surface area contributed by atoms with Crippen molar-refractivity contribution in [1.82, 2.24) is 15.8 Å². The molecule has 2 aromatic rings. The second-order valence-corrected chi connectivity index (χ2v) is 5.58. The fourth-order valence-corrected chi connectivity index (χ4v) is 2.45. The number of carbonyl (C=O) groups is 3. The van der Waals surface area contributed by atoms with Crippen molar-refractivity contribution in [1.29, 1.82) is 0 Å². The topological polar surface area (TPSA) is 91.4 Å². The van der Waals surface area contributed by atoms with Gasteiger partial charge in [0.05, 0.1) is 17.7 Å². The van der Waals surface area contributed by atoms with E-state index in [4.69, 9.17) is 11.6 Å². The summed E-state index contributed by atoms with van der Waals surface area (Å²) in [4.78, 5) is 41.4. The highest BCUT2D eigenvalue weighted by atomic mass is 35.5. The molecule has 0 saturated carbocycles. The summed E-state index contributed by atoms with van der Waals surface area (Å²) < 4.78 is 0. The van der Waals surface area contributed by atoms with Gasteiger partial charge in [0.2, 0.25) is 5.91 Å². The molecule has 1 aromatic carbocycles. The first-order chi connectivity index (χ1) is 11.6. The number of amides is 3. The standard InChI is InChI=1S/C16H13ClN4O3/c17-11-3-5-12(6-4-11)21-14(22)8-13(16(21)24)19-20-15(23)10-2-1-7-18-9-10/h1-7,9,13,19H,8H2,(H,20,23). The number of pyridine rings is 1. The van der Waals surface area contributed by atoms with Gasteiger partial charge in [0, 0.05) is 17.4 Å². The van der Waals surface area contributed by atoms with Crippen LogP contribution >= 0.6 is 11.6 Å². The maximum Gasteiger partial charge on any atom is 0.266 e. The van der Waals surface area contributed by atoms with Crippen molar-refractivity contribution in [3.8, 4) is 0 Å². The van der Waals surface area contributed by atoms with Crippen LogP contribution in [0.4, 0.5) is 5.69 Å². The average Bonchev–Trinajstić information content (AvgIpc) is 2.88. The zero-order chi connectivity index (χ0) is 17.1. The highest BCUT2D eigenvalue weighted by Crippen LogP contribution is 2.24. The number of rotatable bonds is 4. The van der Waals surface area contributed by atoms with Crippen LogP contribution in [0.2, 0.25) is 5.02 Å². The van der Waals surface area contributed by atoms with Gasteiger partial charge in [-0.2, -0.15) is 0 Å². The van der Waals surface area contributed by atoms with E-state index in [9.17, 15) is 14.4 Å². The van der Waals surface area contributed by atoms with Crippen LogP contribution in [-0.2, 0) is 9.59 Å². The fourth-order valence-electron chi connectivity index (χ4n) is 2.33. The van der Waals surface area contributed by atoms with Gasteiger partial charge in [-0.3, -0.25) is 24.8 Å². The van der Waals surface area contributed by atoms with Gasteiger partial charge in [-0.05, 0) is 36.4 Å². The second-order valence-electron chi connectivity index (χ2n) is 5.14. The molecular weight excluding hydrogens is 332 g/mol. The molecule has 24 heavy (non-hydrogen) atoms. The lowest BCUT2D eigenvalue weighted by molar-refractivity contribution is -0.121. The Hall–Kier alpha value is -2.77. The SMILES string of the molecule is O=C(NNC1CC(=O)N(c2ccc(Cl)cc2)C1=O)c1cccnc1. The molecule has 3 amide bonds. The summed E-state index contributed by atoms with van der Waals surface area (Å²) in [5, 5.41) is 0.510. The molecule has 1 aliphatic heterocycles. The number of hydrazine groups is 1. The number of halogens is 1. The van der Waals surface area contributed by atoms with Crippen molar-refractivity contribution >= 4 is 35.0 Å². The Bertz CT molecular complexity index is 780. The smallest absolute Gasteiger partial charge is 0.266 e. The van der Waals surface area contributed by atoms with Crippen molar-refractivity contribution in [3.63, 3.8) is 0 Å². The maximum absolute atomic E-state index is 12.4. The number of nitrogens with zero attached hydrogens (tertiary/aromatic N) is 2. The van der Waals surface area contributed by atoms with Crippen LogP contribution < -0.4 is 15.8 Å². The van der Waals surface area contributed by atoms with Gasteiger partial charge in [-0.1, -0.05) is 11.6 Å². The summed E-state index contributed by atoms with van der Waals surface area (Å²) in [6.45, 7) is 0. The van der Waals surface area contributed by atoms with Gasteiger partial charge < -0.3 is 0 Å². The number of anilines is 1. The third-order valence-electron chi connectivity index (χ3n) is 3.52. The number of aromatic nitrogens is 1. The van der Waals surface area contributed by atoms with E-state index in [1.807, 2.05) is 0 Å². The van der Waals surface area contributed by atoms with Crippen LogP contribution in [-0.4, -0.2) is 28.7 Å². The van der Waals surface area contributed by atoms with Crippen LogP contribution in [0.1, 0.15) is 16.8 Å². The van der Waals surface area contributed by atoms with E-state index >= 15 is 0 Å². The summed E-state index contributed by atoms with van der Waals surface area (Å²) >= 11 is 5.81. The van der Waals surface area contributed by atoms with Gasteiger partial charge in [0.1, 0.15) is 6.04 Å². The van der Waals surface area contributed by atoms with Crippen LogP contribution in [0, 0.1) is 0 Å². The number of hydrogen-bond acceptors (Lipinski definition) is 5. The van der Waals surface area contributed by atoms with E-state index in [-0.39, 0.29) is 12.3 Å². The minimum Gasteiger partial charge on any atom is -0.287 e. The summed E-state index contributed by atoms with van der Waals surface area (Å²) in [6.07, 6.45) is 2.90. The Morgan fingerprint density at radius 2 is 1.96 bits per heavy atom. The molecule has 0 spiro atoms. The molecule has 1 aromatic heterocycles. The summed E-state index contributed by atoms with van der Waals surface area (Å²) in [6, 6.07) is 8.77. The third kappa shape index (κ3) is 3.27. The molecule has 2 N–H and O–H groups in total. The Balaban J connectivity index is 1.66. The predicted octanol–water partition coefficient (Wildman–Crippen LogP) is 1.30. The molecule has 1 atom stereocenters. The number of hydrogen-bond donors (Lipinski definition) is 2. The van der Waals surface area contributed by atoms with E-state index in [0.717, 1.165) is 4.90 Å². The molecule has 2 heterocycles. The van der Waals surface area contributed by atoms with Crippen molar-refractivity contribution in [2.24, 2.45) is 0 Å². The largest absolute Gasteiger partial charge is 0.287 e. The molecule has 0 radical (unpaired) electrons. The van der Waals surface area contributed by atoms with E-state index < -0.39 is 17.9 Å². The molecule has 1 aliphatic rings. The lowest BCUT2D eigenvalue weighted by Crippen LogP contribution is -2.48. The van der Waals surface area contributed by atoms with Gasteiger partial charge in [0.15, 0.2) is 0 Å². The highest BCUT2D eigenvalue weighted by molar-refractivity contribution is 6.30. The molecule has 0 aliphatic carbocycles. The lowest BCUT2D eigenvalue weighted by atomic mass is 10.2. The van der Waals surface area contributed by atoms with Crippen molar-refractivity contribution < 1.29 is 14.4 Å². The van der Waals surface area contributed by atoms with Crippen LogP contribution in [0.25, 0.3) is 0 Å². The Morgan fingerprint density at radius 1 is 1.21 bits per heavy atom. The minimum atomic E-state index is -0.825. The molecule has 8 heteroatoms. The molecule has 1 fully saturated rings. The Kier molecular flexibility index (Phi) is 4.54. The Labute approximate surface area is 142 Å². The monoisotopic (exact) mass is 344 g/mol. The molecule has 1 unspecified atom stereocenters. The van der Waals surface area contributed by atoms with E-state index in [1.54, 1.807) is 42.6 Å². The lowest BCUT2D eigenvalue weighted by Gasteiger charge is -2.16. The van der Waals surface area contributed by atoms with Crippen molar-refractivity contribution in [2.75, 3.05) is 4.90 Å². The van der Waals surface area contributed by atoms with E-state index in [2.05, 4.69) is 15.8 Å². The predicted molar refractivity (Wildman–Crippen MR) is 87.2 cm³/mol. The second kappa shape index (κ2) is 6.77. The first-order valence-electron chi connectivity index (χ1n) is 7.14.